The maximum atomic E-state index is 12.6. The van der Waals surface area contributed by atoms with Gasteiger partial charge in [-0.15, -0.1) is 0 Å². The van der Waals surface area contributed by atoms with Crippen LogP contribution in [0.25, 0.3) is 0 Å². The molecule has 1 aliphatic heterocycles. The van der Waals surface area contributed by atoms with Crippen LogP contribution >= 0.6 is 11.8 Å². The van der Waals surface area contributed by atoms with Gasteiger partial charge in [-0.1, -0.05) is 36.0 Å². The predicted octanol–water partition coefficient (Wildman–Crippen LogP) is 4.77. The minimum Gasteiger partial charge on any atom is -0.494 e. The number of ether oxygens (including phenoxy) is 1. The van der Waals surface area contributed by atoms with Crippen LogP contribution in [-0.4, -0.2) is 25.0 Å². The topological polar surface area (TPSA) is 67.4 Å². The molecule has 0 bridgehead atoms. The number of anilines is 1. The Bertz CT molecular complexity index is 1100. The smallest absolute Gasteiger partial charge is 0.256 e. The van der Waals surface area contributed by atoms with Crippen LogP contribution in [0.1, 0.15) is 33.2 Å². The summed E-state index contributed by atoms with van der Waals surface area (Å²) in [5, 5.41) is 5.87. The van der Waals surface area contributed by atoms with Gasteiger partial charge in [0.1, 0.15) is 5.75 Å². The molecule has 1 aliphatic rings. The van der Waals surface area contributed by atoms with Gasteiger partial charge in [-0.3, -0.25) is 9.59 Å². The molecule has 152 valence electrons. The normalized spacial score (nSPS) is 12.2. The zero-order chi connectivity index (χ0) is 20.9. The molecule has 6 heteroatoms. The van der Waals surface area contributed by atoms with Crippen LogP contribution in [0.4, 0.5) is 5.69 Å². The zero-order valence-corrected chi connectivity index (χ0v) is 17.4. The fourth-order valence-corrected chi connectivity index (χ4v) is 4.30. The van der Waals surface area contributed by atoms with Crippen molar-refractivity contribution in [3.63, 3.8) is 0 Å². The first kappa shape index (κ1) is 20.0. The van der Waals surface area contributed by atoms with Gasteiger partial charge in [-0.2, -0.15) is 0 Å². The molecular weight excluding hydrogens is 396 g/mol. The molecule has 0 saturated carbocycles. The molecule has 2 N–H and O–H groups in total. The Kier molecular flexibility index (Phi) is 6.05. The summed E-state index contributed by atoms with van der Waals surface area (Å²) in [5.41, 5.74) is 2.91. The molecular formula is C24H22N2O3S. The van der Waals surface area contributed by atoms with Crippen LogP contribution in [0.2, 0.25) is 0 Å². The summed E-state index contributed by atoms with van der Waals surface area (Å²) in [5.74, 6) is 0.504. The number of hydrogen-bond donors (Lipinski definition) is 2. The minimum atomic E-state index is -0.167. The van der Waals surface area contributed by atoms with Gasteiger partial charge in [0.05, 0.1) is 17.9 Å². The van der Waals surface area contributed by atoms with Crippen molar-refractivity contribution in [1.82, 2.24) is 5.32 Å². The molecule has 30 heavy (non-hydrogen) atoms. The third-order valence-corrected chi connectivity index (χ3v) is 5.90. The summed E-state index contributed by atoms with van der Waals surface area (Å²) < 4.78 is 5.51. The highest BCUT2D eigenvalue weighted by molar-refractivity contribution is 7.99. The van der Waals surface area contributed by atoms with Crippen molar-refractivity contribution in [2.45, 2.75) is 23.1 Å². The van der Waals surface area contributed by atoms with Crippen LogP contribution in [0.15, 0.2) is 76.5 Å². The van der Waals surface area contributed by atoms with Crippen molar-refractivity contribution in [2.24, 2.45) is 0 Å². The average Bonchev–Trinajstić information content (AvgIpc) is 2.89. The Hall–Kier alpha value is -3.25. The van der Waals surface area contributed by atoms with Crippen molar-refractivity contribution in [2.75, 3.05) is 18.5 Å². The SMILES string of the molecule is CCOc1cccc(CCNC(=O)c2ccc3c(c2)NC(=O)c2ccccc2S3)c1. The lowest BCUT2D eigenvalue weighted by Crippen LogP contribution is -2.25. The number of nitrogens with one attached hydrogen (secondary N) is 2. The summed E-state index contributed by atoms with van der Waals surface area (Å²) in [6.45, 7) is 3.09. The lowest BCUT2D eigenvalue weighted by molar-refractivity contribution is 0.0952. The summed E-state index contributed by atoms with van der Waals surface area (Å²) >= 11 is 1.52. The van der Waals surface area contributed by atoms with E-state index in [0.717, 1.165) is 21.1 Å². The van der Waals surface area contributed by atoms with Crippen molar-refractivity contribution < 1.29 is 14.3 Å². The predicted molar refractivity (Wildman–Crippen MR) is 119 cm³/mol. The number of carbonyl (C=O) groups is 2. The van der Waals surface area contributed by atoms with Gasteiger partial charge in [0.2, 0.25) is 0 Å². The molecule has 0 spiro atoms. The first-order chi connectivity index (χ1) is 14.6. The van der Waals surface area contributed by atoms with Crippen molar-refractivity contribution in [1.29, 1.82) is 0 Å². The van der Waals surface area contributed by atoms with E-state index in [-0.39, 0.29) is 11.8 Å². The van der Waals surface area contributed by atoms with E-state index in [4.69, 9.17) is 4.74 Å². The van der Waals surface area contributed by atoms with Crippen LogP contribution < -0.4 is 15.4 Å². The van der Waals surface area contributed by atoms with Crippen molar-refractivity contribution in [3.05, 3.63) is 83.4 Å². The molecule has 0 unspecified atom stereocenters. The highest BCUT2D eigenvalue weighted by Crippen LogP contribution is 2.38. The fourth-order valence-electron chi connectivity index (χ4n) is 3.29. The molecule has 5 nitrogen and oxygen atoms in total. The lowest BCUT2D eigenvalue weighted by atomic mass is 10.1. The molecule has 4 rings (SSSR count). The quantitative estimate of drug-likeness (QED) is 0.605. The number of benzene rings is 3. The van der Waals surface area contributed by atoms with Gasteiger partial charge in [0, 0.05) is 21.9 Å². The van der Waals surface area contributed by atoms with E-state index in [1.807, 2.05) is 55.5 Å². The lowest BCUT2D eigenvalue weighted by Gasteiger charge is -2.10. The molecule has 0 fully saturated rings. The van der Waals surface area contributed by atoms with E-state index in [1.54, 1.807) is 18.2 Å². The Morgan fingerprint density at radius 1 is 1.03 bits per heavy atom. The van der Waals surface area contributed by atoms with E-state index in [0.29, 0.717) is 36.4 Å². The van der Waals surface area contributed by atoms with E-state index in [2.05, 4.69) is 10.6 Å². The van der Waals surface area contributed by atoms with E-state index in [1.165, 1.54) is 11.8 Å². The maximum absolute atomic E-state index is 12.6. The Balaban J connectivity index is 1.42. The van der Waals surface area contributed by atoms with Crippen molar-refractivity contribution in [3.8, 4) is 5.75 Å². The third kappa shape index (κ3) is 4.49. The maximum Gasteiger partial charge on any atom is 0.256 e. The summed E-state index contributed by atoms with van der Waals surface area (Å²) in [4.78, 5) is 27.0. The summed E-state index contributed by atoms with van der Waals surface area (Å²) in [6.07, 6.45) is 0.708. The monoisotopic (exact) mass is 418 g/mol. The second-order valence-corrected chi connectivity index (χ2v) is 7.93. The molecule has 0 aromatic heterocycles. The third-order valence-electron chi connectivity index (χ3n) is 4.75. The molecule has 1 heterocycles. The number of amides is 2. The van der Waals surface area contributed by atoms with E-state index in [9.17, 15) is 9.59 Å². The van der Waals surface area contributed by atoms with Crippen LogP contribution in [-0.2, 0) is 6.42 Å². The number of rotatable bonds is 6. The Labute approximate surface area is 179 Å². The van der Waals surface area contributed by atoms with Gasteiger partial charge < -0.3 is 15.4 Å². The summed E-state index contributed by atoms with van der Waals surface area (Å²) in [6, 6.07) is 20.8. The molecule has 3 aromatic carbocycles. The van der Waals surface area contributed by atoms with Gasteiger partial charge in [-0.05, 0) is 61.4 Å². The Morgan fingerprint density at radius 3 is 2.77 bits per heavy atom. The molecule has 0 aliphatic carbocycles. The fraction of sp³-hybridized carbons (Fsp3) is 0.167. The molecule has 0 saturated heterocycles. The van der Waals surface area contributed by atoms with Gasteiger partial charge in [-0.25, -0.2) is 0 Å². The highest BCUT2D eigenvalue weighted by atomic mass is 32.2. The second-order valence-electron chi connectivity index (χ2n) is 6.85. The van der Waals surface area contributed by atoms with E-state index < -0.39 is 0 Å². The standard InChI is InChI=1S/C24H22N2O3S/c1-2-29-18-7-5-6-16(14-18)12-13-25-23(27)17-10-11-22-20(15-17)26-24(28)19-8-3-4-9-21(19)30-22/h3-11,14-15H,2,12-13H2,1H3,(H,25,27)(H,26,28). The highest BCUT2D eigenvalue weighted by Gasteiger charge is 2.20. The largest absolute Gasteiger partial charge is 0.494 e. The molecule has 2 amide bonds. The van der Waals surface area contributed by atoms with Gasteiger partial charge in [0.25, 0.3) is 11.8 Å². The second kappa shape index (κ2) is 9.05. The zero-order valence-electron chi connectivity index (χ0n) is 16.6. The number of carbonyl (C=O) groups excluding carboxylic acids is 2. The first-order valence-electron chi connectivity index (χ1n) is 9.86. The Morgan fingerprint density at radius 2 is 1.90 bits per heavy atom. The van der Waals surface area contributed by atoms with Crippen LogP contribution in [0, 0.1) is 0 Å². The molecule has 0 atom stereocenters. The number of hydrogen-bond acceptors (Lipinski definition) is 4. The molecule has 0 radical (unpaired) electrons. The average molecular weight is 419 g/mol. The van der Waals surface area contributed by atoms with Crippen LogP contribution in [0.3, 0.4) is 0 Å². The van der Waals surface area contributed by atoms with Crippen molar-refractivity contribution >= 4 is 29.3 Å². The van der Waals surface area contributed by atoms with Gasteiger partial charge in [0.15, 0.2) is 0 Å². The number of fused-ring (bicyclic) bond motifs is 2. The minimum absolute atomic E-state index is 0.163. The van der Waals surface area contributed by atoms with Crippen LogP contribution in [0.5, 0.6) is 5.75 Å². The molecule has 3 aromatic rings. The summed E-state index contributed by atoms with van der Waals surface area (Å²) in [7, 11) is 0. The van der Waals surface area contributed by atoms with E-state index >= 15 is 0 Å². The first-order valence-corrected chi connectivity index (χ1v) is 10.7. The van der Waals surface area contributed by atoms with Gasteiger partial charge >= 0.3 is 0 Å².